The predicted octanol–water partition coefficient (Wildman–Crippen LogP) is 1.46. The number of nitrogens with one attached hydrogen (secondary N) is 2. The molecule has 158 valence electrons. The molecule has 1 saturated carbocycles. The average molecular weight is 446 g/mol. The molecule has 1 fully saturated rings. The summed E-state index contributed by atoms with van der Waals surface area (Å²) < 4.78 is 23.3. The number of thiol groups is 1. The first kappa shape index (κ1) is 22.3. The molecule has 3 N–H and O–H groups in total. The van der Waals surface area contributed by atoms with Crippen LogP contribution in [0.4, 0.5) is 0 Å². The summed E-state index contributed by atoms with van der Waals surface area (Å²) in [7, 11) is -0.856. The maximum absolute atomic E-state index is 11.9. The molecule has 1 aliphatic rings. The Bertz CT molecular complexity index is 1150. The van der Waals surface area contributed by atoms with Gasteiger partial charge >= 0.3 is 0 Å². The molecule has 1 heterocycles. The smallest absolute Gasteiger partial charge is 0.250 e. The van der Waals surface area contributed by atoms with Gasteiger partial charge in [-0.15, -0.1) is 11.3 Å². The van der Waals surface area contributed by atoms with Gasteiger partial charge in [0.25, 0.3) is 0 Å². The number of amides is 1. The molecule has 3 rings (SSSR count). The average Bonchev–Trinajstić information content (AvgIpc) is 3.39. The van der Waals surface area contributed by atoms with Crippen LogP contribution in [-0.4, -0.2) is 42.9 Å². The lowest BCUT2D eigenvalue weighted by Crippen LogP contribution is -2.40. The highest BCUT2D eigenvalue weighted by Gasteiger charge is 2.39. The first-order valence-corrected chi connectivity index (χ1v) is 11.6. The molecule has 0 radical (unpaired) electrons. The van der Waals surface area contributed by atoms with Crippen molar-refractivity contribution in [2.24, 2.45) is 5.41 Å². The molecule has 1 aliphatic carbocycles. The zero-order chi connectivity index (χ0) is 21.8. The van der Waals surface area contributed by atoms with Gasteiger partial charge in [-0.2, -0.15) is 0 Å². The van der Waals surface area contributed by atoms with Crippen molar-refractivity contribution in [2.75, 3.05) is 12.8 Å². The fourth-order valence-corrected chi connectivity index (χ4v) is 4.92. The number of aryl methyl sites for hydroxylation is 1. The standard InChI is InChI=1S/C21H23N3O4S2/c1-20(14-30(27)28,19(25)24-26)10-8-18-23-16-7-6-15(13-17(16)29-18)5-3-4-9-21(22-2)11-12-21/h6-7,13,22,26,30H,8,10-12,14H2,1-2H3,(H,24,25)/t20-/m0/s1. The highest BCUT2D eigenvalue weighted by Crippen LogP contribution is 2.33. The van der Waals surface area contributed by atoms with Gasteiger partial charge in [0.15, 0.2) is 0 Å². The Morgan fingerprint density at radius 3 is 2.77 bits per heavy atom. The van der Waals surface area contributed by atoms with Crippen LogP contribution >= 0.6 is 11.3 Å². The molecule has 1 amide bonds. The van der Waals surface area contributed by atoms with E-state index in [9.17, 15) is 13.2 Å². The van der Waals surface area contributed by atoms with Crippen LogP contribution in [-0.2, 0) is 21.9 Å². The summed E-state index contributed by atoms with van der Waals surface area (Å²) in [6.45, 7) is 1.52. The second kappa shape index (κ2) is 9.15. The van der Waals surface area contributed by atoms with Crippen LogP contribution in [0, 0.1) is 29.1 Å². The lowest BCUT2D eigenvalue weighted by molar-refractivity contribution is -0.138. The maximum Gasteiger partial charge on any atom is 0.250 e. The topological polar surface area (TPSA) is 108 Å². The Balaban J connectivity index is 1.72. The summed E-state index contributed by atoms with van der Waals surface area (Å²) in [5.74, 6) is 11.0. The van der Waals surface area contributed by atoms with Crippen molar-refractivity contribution >= 4 is 38.2 Å². The number of thiazole rings is 1. The van der Waals surface area contributed by atoms with E-state index in [1.54, 1.807) is 5.48 Å². The number of rotatable bonds is 7. The monoisotopic (exact) mass is 445 g/mol. The number of aromatic nitrogens is 1. The van der Waals surface area contributed by atoms with Gasteiger partial charge < -0.3 is 5.32 Å². The van der Waals surface area contributed by atoms with Crippen LogP contribution in [0.3, 0.4) is 0 Å². The molecule has 1 aromatic carbocycles. The van der Waals surface area contributed by atoms with E-state index < -0.39 is 22.0 Å². The van der Waals surface area contributed by atoms with E-state index in [-0.39, 0.29) is 17.7 Å². The Labute approximate surface area is 181 Å². The summed E-state index contributed by atoms with van der Waals surface area (Å²) >= 11 is 1.48. The second-order valence-corrected chi connectivity index (χ2v) is 9.71. The second-order valence-electron chi connectivity index (χ2n) is 7.61. The number of hydroxylamine groups is 1. The van der Waals surface area contributed by atoms with Crippen LogP contribution in [0.25, 0.3) is 10.2 Å². The van der Waals surface area contributed by atoms with E-state index >= 15 is 0 Å². The number of fused-ring (bicyclic) bond motifs is 1. The number of carbonyl (C=O) groups is 1. The number of benzene rings is 1. The normalized spacial score (nSPS) is 16.1. The van der Waals surface area contributed by atoms with Gasteiger partial charge in [-0.05, 0) is 63.3 Å². The molecular weight excluding hydrogens is 422 g/mol. The quantitative estimate of drug-likeness (QED) is 0.222. The zero-order valence-corrected chi connectivity index (χ0v) is 18.5. The molecule has 2 aromatic rings. The third-order valence-electron chi connectivity index (χ3n) is 5.25. The van der Waals surface area contributed by atoms with Gasteiger partial charge in [0.2, 0.25) is 5.91 Å². The fourth-order valence-electron chi connectivity index (χ4n) is 3.04. The molecule has 0 unspecified atom stereocenters. The van der Waals surface area contributed by atoms with Gasteiger partial charge in [0.1, 0.15) is 10.7 Å². The summed E-state index contributed by atoms with van der Waals surface area (Å²) in [5.41, 5.74) is 1.96. The number of hydrogen-bond acceptors (Lipinski definition) is 7. The van der Waals surface area contributed by atoms with Crippen molar-refractivity contribution < 1.29 is 18.4 Å². The van der Waals surface area contributed by atoms with Crippen molar-refractivity contribution in [3.63, 3.8) is 0 Å². The van der Waals surface area contributed by atoms with E-state index in [1.165, 1.54) is 18.3 Å². The van der Waals surface area contributed by atoms with E-state index in [2.05, 4.69) is 34.0 Å². The van der Waals surface area contributed by atoms with E-state index in [4.69, 9.17) is 5.21 Å². The minimum absolute atomic E-state index is 0.0496. The third-order valence-corrected chi connectivity index (χ3v) is 7.28. The largest absolute Gasteiger partial charge is 0.304 e. The van der Waals surface area contributed by atoms with Crippen molar-refractivity contribution in [3.05, 3.63) is 28.8 Å². The van der Waals surface area contributed by atoms with Crippen LogP contribution in [0.5, 0.6) is 0 Å². The number of carbonyl (C=O) groups excluding carboxylic acids is 1. The Morgan fingerprint density at radius 1 is 1.37 bits per heavy atom. The number of hydrogen-bond donors (Lipinski definition) is 4. The maximum atomic E-state index is 11.9. The SMILES string of the molecule is CNC1(C#CC#Cc2ccc3nc(CC[C@@](C)(C[SH](=O)=O)C(=O)NO)sc3c2)CC1. The minimum Gasteiger partial charge on any atom is -0.304 e. The van der Waals surface area contributed by atoms with E-state index in [1.807, 2.05) is 25.2 Å². The van der Waals surface area contributed by atoms with Crippen LogP contribution < -0.4 is 10.8 Å². The highest BCUT2D eigenvalue weighted by molar-refractivity contribution is 7.72. The van der Waals surface area contributed by atoms with Gasteiger partial charge in [-0.3, -0.25) is 10.0 Å². The van der Waals surface area contributed by atoms with Crippen LogP contribution in [0.15, 0.2) is 18.2 Å². The summed E-state index contributed by atoms with van der Waals surface area (Å²) in [6.07, 6.45) is 2.78. The van der Waals surface area contributed by atoms with Crippen molar-refractivity contribution in [3.8, 4) is 23.7 Å². The fraction of sp³-hybridized carbons (Fsp3) is 0.429. The molecule has 1 atom stereocenters. The van der Waals surface area contributed by atoms with Crippen molar-refractivity contribution in [2.45, 2.75) is 38.1 Å². The minimum atomic E-state index is -2.76. The first-order valence-electron chi connectivity index (χ1n) is 9.47. The zero-order valence-electron chi connectivity index (χ0n) is 16.7. The van der Waals surface area contributed by atoms with Crippen LogP contribution in [0.2, 0.25) is 0 Å². The predicted molar refractivity (Wildman–Crippen MR) is 117 cm³/mol. The van der Waals surface area contributed by atoms with Gasteiger partial charge in [0, 0.05) is 12.0 Å². The molecule has 1 aromatic heterocycles. The molecule has 0 saturated heterocycles. The molecule has 0 spiro atoms. The molecular formula is C21H23N3O4S2. The van der Waals surface area contributed by atoms with Crippen LogP contribution in [0.1, 0.15) is 36.8 Å². The first-order chi connectivity index (χ1) is 14.3. The van der Waals surface area contributed by atoms with Gasteiger partial charge in [-0.1, -0.05) is 11.8 Å². The Morgan fingerprint density at radius 2 is 2.13 bits per heavy atom. The molecule has 9 heteroatoms. The highest BCUT2D eigenvalue weighted by atomic mass is 32.2. The van der Waals surface area contributed by atoms with E-state index in [0.29, 0.717) is 6.42 Å². The third kappa shape index (κ3) is 5.38. The van der Waals surface area contributed by atoms with Gasteiger partial charge in [0.05, 0.1) is 31.9 Å². The summed E-state index contributed by atoms with van der Waals surface area (Å²) in [4.78, 5) is 16.5. The molecule has 0 aliphatic heterocycles. The summed E-state index contributed by atoms with van der Waals surface area (Å²) in [5, 5.41) is 12.9. The Kier molecular flexibility index (Phi) is 6.79. The summed E-state index contributed by atoms with van der Waals surface area (Å²) in [6, 6.07) is 5.72. The van der Waals surface area contributed by atoms with Crippen molar-refractivity contribution in [1.29, 1.82) is 0 Å². The molecule has 30 heavy (non-hydrogen) atoms. The molecule has 0 bridgehead atoms. The lowest BCUT2D eigenvalue weighted by Gasteiger charge is -2.23. The van der Waals surface area contributed by atoms with E-state index in [0.717, 1.165) is 33.6 Å². The number of nitrogens with zero attached hydrogens (tertiary/aromatic N) is 1. The lowest BCUT2D eigenvalue weighted by atomic mass is 9.87. The van der Waals surface area contributed by atoms with Gasteiger partial charge in [-0.25, -0.2) is 18.9 Å². The molecule has 7 nitrogen and oxygen atoms in total. The Hall–Kier alpha value is -2.43. The van der Waals surface area contributed by atoms with Crippen molar-refractivity contribution in [1.82, 2.24) is 15.8 Å².